The summed E-state index contributed by atoms with van der Waals surface area (Å²) in [4.78, 5) is 22.7. The van der Waals surface area contributed by atoms with Gasteiger partial charge < -0.3 is 5.32 Å². The zero-order valence-electron chi connectivity index (χ0n) is 15.6. The Hall–Kier alpha value is -2.79. The van der Waals surface area contributed by atoms with Crippen molar-refractivity contribution in [3.8, 4) is 0 Å². The summed E-state index contributed by atoms with van der Waals surface area (Å²) in [6, 6.07) is 14.3. The number of anilines is 1. The van der Waals surface area contributed by atoms with Gasteiger partial charge >= 0.3 is 0 Å². The van der Waals surface area contributed by atoms with E-state index in [0.29, 0.717) is 5.92 Å². The van der Waals surface area contributed by atoms with Gasteiger partial charge in [0.1, 0.15) is 0 Å². The summed E-state index contributed by atoms with van der Waals surface area (Å²) in [5.74, 6) is 0.470. The van der Waals surface area contributed by atoms with Crippen molar-refractivity contribution < 1.29 is 4.79 Å². The first-order valence-corrected chi connectivity index (χ1v) is 9.47. The molecule has 0 bridgehead atoms. The van der Waals surface area contributed by atoms with Gasteiger partial charge in [0.25, 0.3) is 0 Å². The Labute approximate surface area is 159 Å². The van der Waals surface area contributed by atoms with Crippen LogP contribution >= 0.6 is 0 Å². The molecule has 1 amide bonds. The quantitative estimate of drug-likeness (QED) is 0.765. The van der Waals surface area contributed by atoms with E-state index in [-0.39, 0.29) is 5.91 Å². The SMILES string of the molecule is CC(=O)Nc1ccc(CN2CCC(c3cc4ncccc4cn3)CC2)cc1. The van der Waals surface area contributed by atoms with E-state index in [1.165, 1.54) is 18.2 Å². The van der Waals surface area contributed by atoms with Gasteiger partial charge in [0, 0.05) is 48.5 Å². The van der Waals surface area contributed by atoms with Crippen LogP contribution in [0.2, 0.25) is 0 Å². The van der Waals surface area contributed by atoms with E-state index in [1.807, 2.05) is 30.6 Å². The van der Waals surface area contributed by atoms with E-state index >= 15 is 0 Å². The molecule has 0 atom stereocenters. The van der Waals surface area contributed by atoms with E-state index < -0.39 is 0 Å². The van der Waals surface area contributed by atoms with Crippen LogP contribution in [-0.2, 0) is 11.3 Å². The number of aromatic nitrogens is 2. The lowest BCUT2D eigenvalue weighted by Crippen LogP contribution is -2.32. The average Bonchev–Trinajstić information content (AvgIpc) is 2.69. The van der Waals surface area contributed by atoms with E-state index in [0.717, 1.165) is 49.1 Å². The monoisotopic (exact) mass is 360 g/mol. The van der Waals surface area contributed by atoms with Gasteiger partial charge in [-0.1, -0.05) is 12.1 Å². The molecule has 0 radical (unpaired) electrons. The molecule has 0 spiro atoms. The fourth-order valence-electron chi connectivity index (χ4n) is 3.75. The van der Waals surface area contributed by atoms with E-state index in [9.17, 15) is 4.79 Å². The summed E-state index contributed by atoms with van der Waals surface area (Å²) < 4.78 is 0. The predicted molar refractivity (Wildman–Crippen MR) is 108 cm³/mol. The fraction of sp³-hybridized carbons (Fsp3) is 0.318. The number of piperidine rings is 1. The highest BCUT2D eigenvalue weighted by molar-refractivity contribution is 5.88. The van der Waals surface area contributed by atoms with Crippen LogP contribution in [0.4, 0.5) is 5.69 Å². The first-order valence-electron chi connectivity index (χ1n) is 9.47. The third kappa shape index (κ3) is 4.31. The average molecular weight is 360 g/mol. The van der Waals surface area contributed by atoms with Crippen molar-refractivity contribution in [3.05, 3.63) is 66.1 Å². The molecule has 1 fully saturated rings. The summed E-state index contributed by atoms with van der Waals surface area (Å²) >= 11 is 0. The Morgan fingerprint density at radius 3 is 2.67 bits per heavy atom. The Morgan fingerprint density at radius 1 is 1.15 bits per heavy atom. The van der Waals surface area contributed by atoms with Crippen LogP contribution in [0.25, 0.3) is 10.9 Å². The second kappa shape index (κ2) is 7.84. The Morgan fingerprint density at radius 2 is 1.93 bits per heavy atom. The van der Waals surface area contributed by atoms with Gasteiger partial charge in [-0.15, -0.1) is 0 Å². The highest BCUT2D eigenvalue weighted by Gasteiger charge is 2.22. The number of benzene rings is 1. The number of carbonyl (C=O) groups excluding carboxylic acids is 1. The van der Waals surface area contributed by atoms with Crippen molar-refractivity contribution in [2.24, 2.45) is 0 Å². The van der Waals surface area contributed by atoms with Crippen LogP contribution in [0, 0.1) is 0 Å². The van der Waals surface area contributed by atoms with Crippen molar-refractivity contribution in [1.29, 1.82) is 0 Å². The van der Waals surface area contributed by atoms with E-state index in [1.54, 1.807) is 0 Å². The number of nitrogens with zero attached hydrogens (tertiary/aromatic N) is 3. The number of amides is 1. The topological polar surface area (TPSA) is 58.1 Å². The maximum Gasteiger partial charge on any atom is 0.221 e. The molecule has 1 aliphatic heterocycles. The van der Waals surface area contributed by atoms with Gasteiger partial charge in [0.2, 0.25) is 5.91 Å². The highest BCUT2D eigenvalue weighted by Crippen LogP contribution is 2.28. The van der Waals surface area contributed by atoms with Crippen molar-refractivity contribution in [2.45, 2.75) is 32.2 Å². The van der Waals surface area contributed by atoms with Gasteiger partial charge in [-0.2, -0.15) is 0 Å². The van der Waals surface area contributed by atoms with Crippen molar-refractivity contribution in [1.82, 2.24) is 14.9 Å². The van der Waals surface area contributed by atoms with Crippen LogP contribution in [0.1, 0.15) is 36.9 Å². The minimum Gasteiger partial charge on any atom is -0.326 e. The van der Waals surface area contributed by atoms with Crippen molar-refractivity contribution in [3.63, 3.8) is 0 Å². The predicted octanol–water partition coefficient (Wildman–Crippen LogP) is 3.97. The molecule has 2 aromatic heterocycles. The minimum absolute atomic E-state index is 0.0395. The molecule has 3 heterocycles. The molecule has 3 aromatic rings. The molecule has 5 heteroatoms. The van der Waals surface area contributed by atoms with Crippen LogP contribution in [0.3, 0.4) is 0 Å². The molecule has 4 rings (SSSR count). The second-order valence-electron chi connectivity index (χ2n) is 7.23. The van der Waals surface area contributed by atoms with Gasteiger partial charge in [-0.05, 0) is 61.8 Å². The lowest BCUT2D eigenvalue weighted by Gasteiger charge is -2.31. The molecular formula is C22H24N4O. The molecule has 0 aliphatic carbocycles. The molecule has 27 heavy (non-hydrogen) atoms. The fourth-order valence-corrected chi connectivity index (χ4v) is 3.75. The van der Waals surface area contributed by atoms with Gasteiger partial charge in [-0.25, -0.2) is 0 Å². The van der Waals surface area contributed by atoms with E-state index in [4.69, 9.17) is 0 Å². The molecule has 0 saturated carbocycles. The Bertz CT molecular complexity index is 930. The highest BCUT2D eigenvalue weighted by atomic mass is 16.1. The summed E-state index contributed by atoms with van der Waals surface area (Å²) in [5, 5.41) is 3.91. The molecule has 0 unspecified atom stereocenters. The lowest BCUT2D eigenvalue weighted by atomic mass is 9.92. The number of pyridine rings is 2. The zero-order valence-corrected chi connectivity index (χ0v) is 15.6. The van der Waals surface area contributed by atoms with Gasteiger partial charge in [0.05, 0.1) is 5.52 Å². The van der Waals surface area contributed by atoms with Crippen molar-refractivity contribution in [2.75, 3.05) is 18.4 Å². The molecule has 1 aromatic carbocycles. The van der Waals surface area contributed by atoms with Crippen LogP contribution in [-0.4, -0.2) is 33.9 Å². The molecule has 1 N–H and O–H groups in total. The molecular weight excluding hydrogens is 336 g/mol. The van der Waals surface area contributed by atoms with Crippen LogP contribution in [0.15, 0.2) is 54.9 Å². The molecule has 1 aliphatic rings. The summed E-state index contributed by atoms with van der Waals surface area (Å²) in [7, 11) is 0. The largest absolute Gasteiger partial charge is 0.326 e. The summed E-state index contributed by atoms with van der Waals surface area (Å²) in [6.45, 7) is 4.61. The Kier molecular flexibility index (Phi) is 5.12. The first-order chi connectivity index (χ1) is 13.2. The molecule has 1 saturated heterocycles. The Balaban J connectivity index is 1.35. The normalized spacial score (nSPS) is 15.7. The third-order valence-corrected chi connectivity index (χ3v) is 5.19. The van der Waals surface area contributed by atoms with Crippen molar-refractivity contribution >= 4 is 22.5 Å². The number of rotatable bonds is 4. The molecule has 138 valence electrons. The smallest absolute Gasteiger partial charge is 0.221 e. The van der Waals surface area contributed by atoms with Gasteiger partial charge in [0.15, 0.2) is 0 Å². The number of carbonyl (C=O) groups is 1. The van der Waals surface area contributed by atoms with Crippen LogP contribution < -0.4 is 5.32 Å². The third-order valence-electron chi connectivity index (χ3n) is 5.19. The van der Waals surface area contributed by atoms with Gasteiger partial charge in [-0.3, -0.25) is 19.7 Å². The van der Waals surface area contributed by atoms with Crippen LogP contribution in [0.5, 0.6) is 0 Å². The first kappa shape index (κ1) is 17.6. The minimum atomic E-state index is -0.0395. The van der Waals surface area contributed by atoms with E-state index in [2.05, 4.69) is 44.5 Å². The standard InChI is InChI=1S/C22H24N4O/c1-16(27)25-20-6-4-17(5-7-20)15-26-11-8-18(9-12-26)21-13-22-19(14-24-21)3-2-10-23-22/h2-7,10,13-14,18H,8-9,11-12,15H2,1H3,(H,25,27). The molecule has 5 nitrogen and oxygen atoms in total. The number of likely N-dealkylation sites (tertiary alicyclic amines) is 1. The number of nitrogens with one attached hydrogen (secondary N) is 1. The zero-order chi connectivity index (χ0) is 18.6. The summed E-state index contributed by atoms with van der Waals surface area (Å²) in [5.41, 5.74) is 4.32. The number of fused-ring (bicyclic) bond motifs is 1. The number of hydrogen-bond donors (Lipinski definition) is 1. The maximum atomic E-state index is 11.1. The summed E-state index contributed by atoms with van der Waals surface area (Å²) in [6.07, 6.45) is 6.03. The maximum absolute atomic E-state index is 11.1. The number of hydrogen-bond acceptors (Lipinski definition) is 4. The second-order valence-corrected chi connectivity index (χ2v) is 7.23. The lowest BCUT2D eigenvalue weighted by molar-refractivity contribution is -0.114.